The van der Waals surface area contributed by atoms with Crippen LogP contribution >= 0.6 is 0 Å². The number of nitrogens with one attached hydrogen (secondary N) is 1. The van der Waals surface area contributed by atoms with Crippen LogP contribution in [0.1, 0.15) is 24.4 Å². The van der Waals surface area contributed by atoms with Crippen molar-refractivity contribution in [3.63, 3.8) is 0 Å². The van der Waals surface area contributed by atoms with Crippen molar-refractivity contribution >= 4 is 0 Å². The molecule has 0 fully saturated rings. The van der Waals surface area contributed by atoms with Crippen LogP contribution in [-0.2, 0) is 13.6 Å². The lowest BCUT2D eigenvalue weighted by molar-refractivity contribution is 0.526. The van der Waals surface area contributed by atoms with E-state index in [1.165, 1.54) is 12.1 Å². The van der Waals surface area contributed by atoms with Gasteiger partial charge in [0.05, 0.1) is 6.04 Å². The monoisotopic (exact) mass is 234 g/mol. The predicted octanol–water partition coefficient (Wildman–Crippen LogP) is 1.80. The third-order valence-electron chi connectivity index (χ3n) is 2.64. The number of nitrogens with zero attached hydrogens (tertiary/aromatic N) is 3. The molecule has 0 spiro atoms. The molecule has 17 heavy (non-hydrogen) atoms. The van der Waals surface area contributed by atoms with E-state index in [1.807, 2.05) is 24.6 Å². The second kappa shape index (κ2) is 5.05. The van der Waals surface area contributed by atoms with Crippen LogP contribution in [0, 0.1) is 5.82 Å². The minimum atomic E-state index is -0.212. The van der Waals surface area contributed by atoms with Gasteiger partial charge >= 0.3 is 0 Å². The van der Waals surface area contributed by atoms with Crippen molar-refractivity contribution in [3.05, 3.63) is 47.8 Å². The van der Waals surface area contributed by atoms with Crippen LogP contribution in [0.3, 0.4) is 0 Å². The number of hydrogen-bond donors (Lipinski definition) is 1. The largest absolute Gasteiger partial charge is 0.319 e. The standard InChI is InChI=1S/C12H15FN4/c1-9(12-16-15-8-17(12)2)14-7-10-4-3-5-11(13)6-10/h3-6,8-9,14H,7H2,1-2H3. The van der Waals surface area contributed by atoms with Gasteiger partial charge < -0.3 is 9.88 Å². The Morgan fingerprint density at radius 2 is 2.29 bits per heavy atom. The van der Waals surface area contributed by atoms with E-state index in [0.717, 1.165) is 11.4 Å². The maximum atomic E-state index is 13.0. The van der Waals surface area contributed by atoms with Gasteiger partial charge in [-0.2, -0.15) is 0 Å². The lowest BCUT2D eigenvalue weighted by Gasteiger charge is -2.12. The first-order chi connectivity index (χ1) is 8.16. The van der Waals surface area contributed by atoms with Crippen LogP contribution in [-0.4, -0.2) is 14.8 Å². The summed E-state index contributed by atoms with van der Waals surface area (Å²) in [5.74, 6) is 0.650. The average Bonchev–Trinajstić information content (AvgIpc) is 2.72. The highest BCUT2D eigenvalue weighted by atomic mass is 19.1. The zero-order valence-electron chi connectivity index (χ0n) is 9.89. The van der Waals surface area contributed by atoms with Gasteiger partial charge in [-0.3, -0.25) is 0 Å². The number of halogens is 1. The van der Waals surface area contributed by atoms with E-state index in [0.29, 0.717) is 6.54 Å². The molecule has 0 aliphatic carbocycles. The SMILES string of the molecule is CC(NCc1cccc(F)c1)c1nncn1C. The molecule has 1 aromatic heterocycles. The number of rotatable bonds is 4. The Morgan fingerprint density at radius 1 is 1.47 bits per heavy atom. The van der Waals surface area contributed by atoms with Crippen molar-refractivity contribution in [1.82, 2.24) is 20.1 Å². The summed E-state index contributed by atoms with van der Waals surface area (Å²) in [5.41, 5.74) is 0.916. The molecule has 2 rings (SSSR count). The van der Waals surface area contributed by atoms with Crippen LogP contribution in [0.4, 0.5) is 4.39 Å². The van der Waals surface area contributed by atoms with E-state index in [9.17, 15) is 4.39 Å². The van der Waals surface area contributed by atoms with Crippen molar-refractivity contribution in [2.75, 3.05) is 0 Å². The molecule has 0 saturated carbocycles. The summed E-state index contributed by atoms with van der Waals surface area (Å²) >= 11 is 0. The van der Waals surface area contributed by atoms with Gasteiger partial charge in [-0.1, -0.05) is 12.1 Å². The fourth-order valence-electron chi connectivity index (χ4n) is 1.69. The Hall–Kier alpha value is -1.75. The summed E-state index contributed by atoms with van der Waals surface area (Å²) < 4.78 is 14.8. The molecule has 0 radical (unpaired) electrons. The third-order valence-corrected chi connectivity index (χ3v) is 2.64. The van der Waals surface area contributed by atoms with Gasteiger partial charge in [0.15, 0.2) is 0 Å². The highest BCUT2D eigenvalue weighted by molar-refractivity contribution is 5.16. The van der Waals surface area contributed by atoms with Crippen molar-refractivity contribution in [3.8, 4) is 0 Å². The summed E-state index contributed by atoms with van der Waals surface area (Å²) in [4.78, 5) is 0. The first-order valence-electron chi connectivity index (χ1n) is 5.48. The lowest BCUT2D eigenvalue weighted by atomic mass is 10.2. The number of hydrogen-bond acceptors (Lipinski definition) is 3. The second-order valence-corrected chi connectivity index (χ2v) is 4.03. The molecular formula is C12H15FN4. The van der Waals surface area contributed by atoms with Crippen LogP contribution in [0.25, 0.3) is 0 Å². The maximum absolute atomic E-state index is 13.0. The van der Waals surface area contributed by atoms with Crippen molar-refractivity contribution in [2.24, 2.45) is 7.05 Å². The topological polar surface area (TPSA) is 42.7 Å². The summed E-state index contributed by atoms with van der Waals surface area (Å²) in [6.45, 7) is 2.61. The number of benzene rings is 1. The van der Waals surface area contributed by atoms with Crippen LogP contribution in [0.2, 0.25) is 0 Å². The van der Waals surface area contributed by atoms with Crippen LogP contribution in [0.15, 0.2) is 30.6 Å². The first-order valence-corrected chi connectivity index (χ1v) is 5.48. The molecule has 1 heterocycles. The average molecular weight is 234 g/mol. The summed E-state index contributed by atoms with van der Waals surface area (Å²) in [6.07, 6.45) is 1.66. The molecule has 1 atom stereocenters. The molecule has 2 aromatic rings. The Kier molecular flexibility index (Phi) is 3.49. The Labute approximate surface area is 99.5 Å². The zero-order valence-corrected chi connectivity index (χ0v) is 9.89. The molecular weight excluding hydrogens is 219 g/mol. The minimum Gasteiger partial charge on any atom is -0.319 e. The Balaban J connectivity index is 1.97. The summed E-state index contributed by atoms with van der Waals surface area (Å²) in [5, 5.41) is 11.1. The molecule has 1 aromatic carbocycles. The van der Waals surface area contributed by atoms with Crippen molar-refractivity contribution in [1.29, 1.82) is 0 Å². The molecule has 1 unspecified atom stereocenters. The van der Waals surface area contributed by atoms with E-state index in [1.54, 1.807) is 12.4 Å². The molecule has 0 aliphatic rings. The fourth-order valence-corrected chi connectivity index (χ4v) is 1.69. The van der Waals surface area contributed by atoms with E-state index in [4.69, 9.17) is 0 Å². The van der Waals surface area contributed by atoms with Gasteiger partial charge in [-0.05, 0) is 24.6 Å². The van der Waals surface area contributed by atoms with Gasteiger partial charge in [0.1, 0.15) is 18.0 Å². The van der Waals surface area contributed by atoms with Gasteiger partial charge in [0, 0.05) is 13.6 Å². The van der Waals surface area contributed by atoms with E-state index < -0.39 is 0 Å². The predicted molar refractivity (Wildman–Crippen MR) is 62.7 cm³/mol. The van der Waals surface area contributed by atoms with Crippen molar-refractivity contribution < 1.29 is 4.39 Å². The Morgan fingerprint density at radius 3 is 2.94 bits per heavy atom. The molecule has 0 amide bonds. The fraction of sp³-hybridized carbons (Fsp3) is 0.333. The molecule has 1 N–H and O–H groups in total. The lowest BCUT2D eigenvalue weighted by Crippen LogP contribution is -2.21. The van der Waals surface area contributed by atoms with Crippen molar-refractivity contribution in [2.45, 2.75) is 19.5 Å². The Bertz CT molecular complexity index is 495. The quantitative estimate of drug-likeness (QED) is 0.877. The molecule has 90 valence electrons. The number of aromatic nitrogens is 3. The molecule has 0 aliphatic heterocycles. The number of aryl methyl sites for hydroxylation is 1. The molecule has 4 nitrogen and oxygen atoms in total. The van der Waals surface area contributed by atoms with E-state index >= 15 is 0 Å². The highest BCUT2D eigenvalue weighted by Crippen LogP contribution is 2.09. The second-order valence-electron chi connectivity index (χ2n) is 4.03. The maximum Gasteiger partial charge on any atom is 0.149 e. The van der Waals surface area contributed by atoms with Gasteiger partial charge in [0.25, 0.3) is 0 Å². The van der Waals surface area contributed by atoms with Gasteiger partial charge in [-0.25, -0.2) is 4.39 Å². The summed E-state index contributed by atoms with van der Waals surface area (Å²) in [6, 6.07) is 6.64. The normalized spacial score (nSPS) is 12.6. The highest BCUT2D eigenvalue weighted by Gasteiger charge is 2.10. The zero-order chi connectivity index (χ0) is 12.3. The van der Waals surface area contributed by atoms with Gasteiger partial charge in [-0.15, -0.1) is 10.2 Å². The molecule has 5 heteroatoms. The van der Waals surface area contributed by atoms with Crippen LogP contribution in [0.5, 0.6) is 0 Å². The van der Waals surface area contributed by atoms with E-state index in [-0.39, 0.29) is 11.9 Å². The minimum absolute atomic E-state index is 0.0748. The smallest absolute Gasteiger partial charge is 0.149 e. The van der Waals surface area contributed by atoms with Gasteiger partial charge in [0.2, 0.25) is 0 Å². The van der Waals surface area contributed by atoms with E-state index in [2.05, 4.69) is 15.5 Å². The third kappa shape index (κ3) is 2.88. The summed E-state index contributed by atoms with van der Waals surface area (Å²) in [7, 11) is 1.90. The first kappa shape index (κ1) is 11.7. The molecule has 0 bridgehead atoms. The molecule has 0 saturated heterocycles. The van der Waals surface area contributed by atoms with Crippen LogP contribution < -0.4 is 5.32 Å².